The van der Waals surface area contributed by atoms with E-state index in [0.717, 1.165) is 28.0 Å². The molecule has 1 amide bonds. The first kappa shape index (κ1) is 22.3. The third-order valence-corrected chi connectivity index (χ3v) is 5.74. The SMILES string of the molecule is CCOc1ccc(-c2cc3ccccn3c2C(=O)C(=O)Nc2c(C)cccc2C(C)C)cc1. The number of anilines is 1. The van der Waals surface area contributed by atoms with Crippen LogP contribution in [0.25, 0.3) is 16.6 Å². The molecule has 0 unspecified atom stereocenters. The first-order valence-electron chi connectivity index (χ1n) is 11.2. The second-order valence-corrected chi connectivity index (χ2v) is 8.34. The van der Waals surface area contributed by atoms with Crippen molar-refractivity contribution in [2.45, 2.75) is 33.6 Å². The molecular weight excluding hydrogens is 412 g/mol. The lowest BCUT2D eigenvalue weighted by Crippen LogP contribution is -2.25. The Hall–Kier alpha value is -3.86. The molecule has 4 aromatic rings. The van der Waals surface area contributed by atoms with E-state index in [1.807, 2.05) is 80.6 Å². The maximum Gasteiger partial charge on any atom is 0.298 e. The summed E-state index contributed by atoms with van der Waals surface area (Å²) in [6.07, 6.45) is 1.81. The van der Waals surface area contributed by atoms with Crippen LogP contribution in [0.3, 0.4) is 0 Å². The molecule has 0 bridgehead atoms. The average Bonchev–Trinajstić information content (AvgIpc) is 3.20. The number of carbonyl (C=O) groups is 2. The van der Waals surface area contributed by atoms with E-state index < -0.39 is 11.7 Å². The normalized spacial score (nSPS) is 11.1. The van der Waals surface area contributed by atoms with Crippen LogP contribution < -0.4 is 10.1 Å². The number of Topliss-reactive ketones (excluding diaryl/α,β-unsaturated/α-hetero) is 1. The number of ketones is 1. The van der Waals surface area contributed by atoms with E-state index >= 15 is 0 Å². The van der Waals surface area contributed by atoms with Crippen molar-refractivity contribution < 1.29 is 14.3 Å². The summed E-state index contributed by atoms with van der Waals surface area (Å²) in [7, 11) is 0. The van der Waals surface area contributed by atoms with Crippen molar-refractivity contribution in [2.24, 2.45) is 0 Å². The zero-order valence-corrected chi connectivity index (χ0v) is 19.4. The van der Waals surface area contributed by atoms with Crippen molar-refractivity contribution in [3.05, 3.63) is 89.7 Å². The molecule has 0 atom stereocenters. The number of hydrogen-bond acceptors (Lipinski definition) is 3. The molecule has 5 heteroatoms. The monoisotopic (exact) mass is 440 g/mol. The summed E-state index contributed by atoms with van der Waals surface area (Å²) >= 11 is 0. The number of rotatable bonds is 7. The molecule has 33 heavy (non-hydrogen) atoms. The van der Waals surface area contributed by atoms with Gasteiger partial charge in [0.05, 0.1) is 6.61 Å². The summed E-state index contributed by atoms with van der Waals surface area (Å²) in [4.78, 5) is 26.7. The molecular formula is C28H28N2O3. The number of aromatic nitrogens is 1. The molecule has 168 valence electrons. The fourth-order valence-corrected chi connectivity index (χ4v) is 4.09. The van der Waals surface area contributed by atoms with Crippen LogP contribution in [0.5, 0.6) is 5.75 Å². The zero-order chi connectivity index (χ0) is 23.5. The second kappa shape index (κ2) is 9.33. The second-order valence-electron chi connectivity index (χ2n) is 8.34. The Labute approximate surface area is 194 Å². The number of amides is 1. The molecule has 5 nitrogen and oxygen atoms in total. The molecule has 2 aromatic carbocycles. The largest absolute Gasteiger partial charge is 0.494 e. The van der Waals surface area contributed by atoms with Gasteiger partial charge in [-0.3, -0.25) is 9.59 Å². The molecule has 0 aliphatic carbocycles. The number of fused-ring (bicyclic) bond motifs is 1. The maximum absolute atomic E-state index is 13.5. The molecule has 1 N–H and O–H groups in total. The highest BCUT2D eigenvalue weighted by Crippen LogP contribution is 2.31. The van der Waals surface area contributed by atoms with E-state index in [4.69, 9.17) is 4.74 Å². The van der Waals surface area contributed by atoms with Gasteiger partial charge in [-0.2, -0.15) is 0 Å². The summed E-state index contributed by atoms with van der Waals surface area (Å²) in [6, 6.07) is 21.1. The molecule has 4 rings (SSSR count). The minimum Gasteiger partial charge on any atom is -0.494 e. The number of nitrogens with one attached hydrogen (secondary N) is 1. The fraction of sp³-hybridized carbons (Fsp3) is 0.214. The van der Waals surface area contributed by atoms with Crippen LogP contribution in [-0.4, -0.2) is 22.7 Å². The Bertz CT molecular complexity index is 1320. The van der Waals surface area contributed by atoms with E-state index in [9.17, 15) is 9.59 Å². The number of para-hydroxylation sites is 1. The summed E-state index contributed by atoms with van der Waals surface area (Å²) in [5, 5.41) is 2.90. The minimum absolute atomic E-state index is 0.212. The lowest BCUT2D eigenvalue weighted by molar-refractivity contribution is -0.112. The molecule has 0 saturated carbocycles. The number of benzene rings is 2. The molecule has 2 heterocycles. The van der Waals surface area contributed by atoms with E-state index in [1.165, 1.54) is 0 Å². The van der Waals surface area contributed by atoms with Gasteiger partial charge in [0.15, 0.2) is 0 Å². The van der Waals surface area contributed by atoms with Crippen LogP contribution in [0.4, 0.5) is 5.69 Å². The van der Waals surface area contributed by atoms with Crippen LogP contribution in [0.1, 0.15) is 48.3 Å². The van der Waals surface area contributed by atoms with Gasteiger partial charge in [0.1, 0.15) is 11.4 Å². The molecule has 0 aliphatic heterocycles. The topological polar surface area (TPSA) is 59.8 Å². The van der Waals surface area contributed by atoms with E-state index in [2.05, 4.69) is 19.2 Å². The predicted molar refractivity (Wildman–Crippen MR) is 132 cm³/mol. The lowest BCUT2D eigenvalue weighted by Gasteiger charge is -2.16. The van der Waals surface area contributed by atoms with Crippen LogP contribution in [-0.2, 0) is 4.79 Å². The van der Waals surface area contributed by atoms with Crippen LogP contribution >= 0.6 is 0 Å². The van der Waals surface area contributed by atoms with Crippen molar-refractivity contribution in [1.82, 2.24) is 4.40 Å². The van der Waals surface area contributed by atoms with Gasteiger partial charge in [0, 0.05) is 23.0 Å². The number of pyridine rings is 1. The Morgan fingerprint density at radius 1 is 1.00 bits per heavy atom. The Morgan fingerprint density at radius 3 is 2.45 bits per heavy atom. The van der Waals surface area contributed by atoms with Gasteiger partial charge in [0.25, 0.3) is 11.7 Å². The van der Waals surface area contributed by atoms with Gasteiger partial charge in [-0.15, -0.1) is 0 Å². The van der Waals surface area contributed by atoms with Crippen molar-refractivity contribution in [2.75, 3.05) is 11.9 Å². The number of nitrogens with zero attached hydrogens (tertiary/aromatic N) is 1. The van der Waals surface area contributed by atoms with Crippen molar-refractivity contribution in [3.8, 4) is 16.9 Å². The number of ether oxygens (including phenoxy) is 1. The number of aryl methyl sites for hydroxylation is 1. The third kappa shape index (κ3) is 4.40. The van der Waals surface area contributed by atoms with Crippen LogP contribution in [0, 0.1) is 6.92 Å². The first-order valence-corrected chi connectivity index (χ1v) is 11.2. The summed E-state index contributed by atoms with van der Waals surface area (Å²) in [5.41, 5.74) is 5.37. The van der Waals surface area contributed by atoms with Gasteiger partial charge in [-0.05, 0) is 66.8 Å². The molecule has 0 fully saturated rings. The summed E-state index contributed by atoms with van der Waals surface area (Å²) in [5.74, 6) is -0.259. The average molecular weight is 441 g/mol. The fourth-order valence-electron chi connectivity index (χ4n) is 4.09. The van der Waals surface area contributed by atoms with Gasteiger partial charge in [0.2, 0.25) is 0 Å². The molecule has 0 saturated heterocycles. The van der Waals surface area contributed by atoms with Gasteiger partial charge < -0.3 is 14.5 Å². The maximum atomic E-state index is 13.5. The Morgan fingerprint density at radius 2 is 1.76 bits per heavy atom. The minimum atomic E-state index is -0.651. The van der Waals surface area contributed by atoms with E-state index in [0.29, 0.717) is 23.6 Å². The van der Waals surface area contributed by atoms with E-state index in [-0.39, 0.29) is 5.92 Å². The van der Waals surface area contributed by atoms with Gasteiger partial charge >= 0.3 is 0 Å². The van der Waals surface area contributed by atoms with Crippen molar-refractivity contribution >= 4 is 22.9 Å². The Kier molecular flexibility index (Phi) is 6.31. The highest BCUT2D eigenvalue weighted by atomic mass is 16.5. The summed E-state index contributed by atoms with van der Waals surface area (Å²) in [6.45, 7) is 8.58. The van der Waals surface area contributed by atoms with Crippen molar-refractivity contribution in [3.63, 3.8) is 0 Å². The molecule has 0 spiro atoms. The number of carbonyl (C=O) groups excluding carboxylic acids is 2. The number of hydrogen-bond donors (Lipinski definition) is 1. The van der Waals surface area contributed by atoms with Gasteiger partial charge in [-0.25, -0.2) is 0 Å². The highest BCUT2D eigenvalue weighted by molar-refractivity contribution is 6.47. The highest BCUT2D eigenvalue weighted by Gasteiger charge is 2.26. The smallest absolute Gasteiger partial charge is 0.298 e. The molecule has 0 radical (unpaired) electrons. The third-order valence-electron chi connectivity index (χ3n) is 5.74. The summed E-state index contributed by atoms with van der Waals surface area (Å²) < 4.78 is 7.32. The predicted octanol–water partition coefficient (Wildman–Crippen LogP) is 6.26. The van der Waals surface area contributed by atoms with E-state index in [1.54, 1.807) is 10.6 Å². The van der Waals surface area contributed by atoms with Crippen LogP contribution in [0.15, 0.2) is 72.9 Å². The molecule has 2 aromatic heterocycles. The molecule has 0 aliphatic rings. The standard InChI is InChI=1S/C28H28N2O3/c1-5-33-22-14-12-20(13-15-22)24-17-21-10-6-7-16-30(21)26(24)27(31)28(32)29-25-19(4)9-8-11-23(25)18(2)3/h6-18H,5H2,1-4H3,(H,29,32). The van der Waals surface area contributed by atoms with Crippen LogP contribution in [0.2, 0.25) is 0 Å². The van der Waals surface area contributed by atoms with Crippen molar-refractivity contribution in [1.29, 1.82) is 0 Å². The quantitative estimate of drug-likeness (QED) is 0.273. The Balaban J connectivity index is 1.76. The van der Waals surface area contributed by atoms with Gasteiger partial charge in [-0.1, -0.05) is 50.2 Å². The zero-order valence-electron chi connectivity index (χ0n) is 19.4. The first-order chi connectivity index (χ1) is 15.9. The lowest BCUT2D eigenvalue weighted by atomic mass is 9.98.